The van der Waals surface area contributed by atoms with Crippen molar-refractivity contribution >= 4 is 18.4 Å². The molecule has 0 nitrogen and oxygen atoms in total. The monoisotopic (exact) mass is 264 g/mol. The molecule has 96 valence electrons. The van der Waals surface area contributed by atoms with Crippen molar-refractivity contribution in [3.8, 4) is 0 Å². The first-order valence-electron chi connectivity index (χ1n) is 6.53. The Morgan fingerprint density at radius 2 is 1.00 bits per heavy atom. The molecule has 2 aromatic rings. The molecule has 0 atom stereocenters. The number of rotatable bonds is 4. The van der Waals surface area contributed by atoms with E-state index in [4.69, 9.17) is 0 Å². The second kappa shape index (κ2) is 5.41. The van der Waals surface area contributed by atoms with Gasteiger partial charge in [0.15, 0.2) is 8.07 Å². The fourth-order valence-electron chi connectivity index (χ4n) is 2.89. The Labute approximate surface area is 117 Å². The zero-order chi connectivity index (χ0) is 13.9. The predicted molar refractivity (Wildman–Crippen MR) is 87.5 cm³/mol. The van der Waals surface area contributed by atoms with Gasteiger partial charge in [-0.3, -0.25) is 0 Å². The molecule has 0 bridgehead atoms. The van der Waals surface area contributed by atoms with E-state index in [0.717, 1.165) is 0 Å². The molecule has 0 amide bonds. The molecule has 0 radical (unpaired) electrons. The van der Waals surface area contributed by atoms with Gasteiger partial charge in [-0.05, 0) is 24.2 Å². The van der Waals surface area contributed by atoms with Crippen LogP contribution >= 0.6 is 0 Å². The molecule has 0 aliphatic heterocycles. The summed E-state index contributed by atoms with van der Waals surface area (Å²) in [4.78, 5) is 0. The van der Waals surface area contributed by atoms with Crippen LogP contribution in [0.5, 0.6) is 0 Å². The standard InChI is InChI=1S/C18H20Si/c1-15(2)19(16(3)4,17-11-7-5-8-12-17)18-13-9-6-10-14-18/h5-14H,1,3H2,2,4H3. The largest absolute Gasteiger partial charge is 0.169 e. The summed E-state index contributed by atoms with van der Waals surface area (Å²) in [5.74, 6) is 0. The molecule has 0 spiro atoms. The van der Waals surface area contributed by atoms with Crippen molar-refractivity contribution in [2.24, 2.45) is 0 Å². The van der Waals surface area contributed by atoms with Gasteiger partial charge in [0.2, 0.25) is 0 Å². The van der Waals surface area contributed by atoms with Gasteiger partial charge in [0, 0.05) is 0 Å². The zero-order valence-corrected chi connectivity index (χ0v) is 12.7. The van der Waals surface area contributed by atoms with Crippen LogP contribution in [0.25, 0.3) is 0 Å². The van der Waals surface area contributed by atoms with Gasteiger partial charge in [-0.15, -0.1) is 13.2 Å². The highest BCUT2D eigenvalue weighted by atomic mass is 28.3. The van der Waals surface area contributed by atoms with E-state index in [1.54, 1.807) is 0 Å². The minimum atomic E-state index is -2.09. The Morgan fingerprint density at radius 3 is 1.26 bits per heavy atom. The Kier molecular flexibility index (Phi) is 3.86. The highest BCUT2D eigenvalue weighted by Gasteiger charge is 2.38. The van der Waals surface area contributed by atoms with Gasteiger partial charge >= 0.3 is 0 Å². The third-order valence-electron chi connectivity index (χ3n) is 3.69. The summed E-state index contributed by atoms with van der Waals surface area (Å²) in [6, 6.07) is 21.4. The zero-order valence-electron chi connectivity index (χ0n) is 11.7. The van der Waals surface area contributed by atoms with E-state index < -0.39 is 8.07 Å². The highest BCUT2D eigenvalue weighted by molar-refractivity contribution is 7.12. The Bertz CT molecular complexity index is 526. The van der Waals surface area contributed by atoms with Crippen LogP contribution in [-0.2, 0) is 0 Å². The number of hydrogen-bond acceptors (Lipinski definition) is 0. The smallest absolute Gasteiger partial charge is 0.103 e. The van der Waals surface area contributed by atoms with E-state index in [-0.39, 0.29) is 0 Å². The molecule has 0 fully saturated rings. The van der Waals surface area contributed by atoms with Crippen LogP contribution in [0.3, 0.4) is 0 Å². The Morgan fingerprint density at radius 1 is 0.684 bits per heavy atom. The topological polar surface area (TPSA) is 0 Å². The van der Waals surface area contributed by atoms with Crippen molar-refractivity contribution in [1.29, 1.82) is 0 Å². The summed E-state index contributed by atoms with van der Waals surface area (Å²) < 4.78 is 0. The lowest BCUT2D eigenvalue weighted by Crippen LogP contribution is -2.60. The molecule has 0 unspecified atom stereocenters. The van der Waals surface area contributed by atoms with Crippen molar-refractivity contribution in [2.45, 2.75) is 13.8 Å². The third-order valence-corrected chi connectivity index (χ3v) is 8.65. The summed E-state index contributed by atoms with van der Waals surface area (Å²) in [5, 5.41) is 5.19. The van der Waals surface area contributed by atoms with Crippen LogP contribution in [0.4, 0.5) is 0 Å². The molecule has 0 aliphatic rings. The third kappa shape index (κ3) is 2.22. The van der Waals surface area contributed by atoms with Crippen LogP contribution in [-0.4, -0.2) is 8.07 Å². The summed E-state index contributed by atoms with van der Waals surface area (Å²) in [7, 11) is -2.09. The fraction of sp³-hybridized carbons (Fsp3) is 0.111. The van der Waals surface area contributed by atoms with Crippen LogP contribution in [0.1, 0.15) is 13.8 Å². The molecule has 0 N–H and O–H groups in total. The molecule has 1 heteroatoms. The summed E-state index contributed by atoms with van der Waals surface area (Å²) >= 11 is 0. The predicted octanol–water partition coefficient (Wildman–Crippen LogP) is 3.48. The SMILES string of the molecule is C=C(C)[Si](C(=C)C)(c1ccccc1)c1ccccc1. The molecular weight excluding hydrogens is 244 g/mol. The lowest BCUT2D eigenvalue weighted by Gasteiger charge is -2.34. The lowest BCUT2D eigenvalue weighted by molar-refractivity contribution is 1.53. The van der Waals surface area contributed by atoms with Gasteiger partial charge in [-0.25, -0.2) is 0 Å². The van der Waals surface area contributed by atoms with E-state index in [1.807, 2.05) is 0 Å². The maximum atomic E-state index is 4.30. The van der Waals surface area contributed by atoms with Gasteiger partial charge in [0.05, 0.1) is 0 Å². The minimum Gasteiger partial charge on any atom is -0.103 e. The molecule has 0 saturated carbocycles. The molecule has 0 aromatic heterocycles. The normalized spacial score (nSPS) is 11.1. The fourth-order valence-corrected chi connectivity index (χ4v) is 7.31. The Balaban J connectivity index is 2.77. The van der Waals surface area contributed by atoms with E-state index in [0.29, 0.717) is 0 Å². The Hall–Kier alpha value is -1.86. The number of benzene rings is 2. The molecule has 19 heavy (non-hydrogen) atoms. The van der Waals surface area contributed by atoms with E-state index in [1.165, 1.54) is 20.8 Å². The molecule has 2 aromatic carbocycles. The van der Waals surface area contributed by atoms with Gasteiger partial charge in [0.1, 0.15) is 0 Å². The maximum Gasteiger partial charge on any atom is 0.169 e. The first-order valence-corrected chi connectivity index (χ1v) is 8.53. The van der Waals surface area contributed by atoms with Gasteiger partial charge in [-0.2, -0.15) is 0 Å². The van der Waals surface area contributed by atoms with Crippen LogP contribution < -0.4 is 10.4 Å². The molecule has 2 rings (SSSR count). The first kappa shape index (κ1) is 13.6. The molecular formula is C18H20Si. The van der Waals surface area contributed by atoms with Gasteiger partial charge < -0.3 is 0 Å². The van der Waals surface area contributed by atoms with Crippen molar-refractivity contribution in [2.75, 3.05) is 0 Å². The van der Waals surface area contributed by atoms with Crippen LogP contribution in [0.15, 0.2) is 84.2 Å². The van der Waals surface area contributed by atoms with Gasteiger partial charge in [-0.1, -0.05) is 71.1 Å². The molecule has 0 saturated heterocycles. The van der Waals surface area contributed by atoms with Crippen LogP contribution in [0, 0.1) is 0 Å². The summed E-state index contributed by atoms with van der Waals surface area (Å²) in [6.07, 6.45) is 0. The van der Waals surface area contributed by atoms with Crippen molar-refractivity contribution in [1.82, 2.24) is 0 Å². The second-order valence-corrected chi connectivity index (χ2v) is 9.40. The highest BCUT2D eigenvalue weighted by Crippen LogP contribution is 2.21. The van der Waals surface area contributed by atoms with E-state index >= 15 is 0 Å². The average Bonchev–Trinajstić information content (AvgIpc) is 2.41. The van der Waals surface area contributed by atoms with Crippen molar-refractivity contribution in [3.63, 3.8) is 0 Å². The maximum absolute atomic E-state index is 4.30. The van der Waals surface area contributed by atoms with Crippen LogP contribution in [0.2, 0.25) is 0 Å². The summed E-state index contributed by atoms with van der Waals surface area (Å²) in [5.41, 5.74) is 0. The van der Waals surface area contributed by atoms with E-state index in [9.17, 15) is 0 Å². The minimum absolute atomic E-state index is 1.23. The quantitative estimate of drug-likeness (QED) is 0.742. The number of hydrogen-bond donors (Lipinski definition) is 0. The number of allylic oxidation sites excluding steroid dienone is 2. The average molecular weight is 264 g/mol. The lowest BCUT2D eigenvalue weighted by atomic mass is 10.4. The van der Waals surface area contributed by atoms with Gasteiger partial charge in [0.25, 0.3) is 0 Å². The van der Waals surface area contributed by atoms with Crippen molar-refractivity contribution < 1.29 is 0 Å². The summed E-state index contributed by atoms with van der Waals surface area (Å²) in [6.45, 7) is 12.9. The molecule has 0 heterocycles. The second-order valence-electron chi connectivity index (χ2n) is 5.04. The first-order chi connectivity index (χ1) is 9.10. The van der Waals surface area contributed by atoms with E-state index in [2.05, 4.69) is 87.7 Å². The molecule has 0 aliphatic carbocycles. The van der Waals surface area contributed by atoms with Crippen molar-refractivity contribution in [3.05, 3.63) is 84.2 Å².